The number of nitrogens with zero attached hydrogens (tertiary/aromatic N) is 2. The lowest BCUT2D eigenvalue weighted by Gasteiger charge is -2.05. The van der Waals surface area contributed by atoms with Crippen molar-refractivity contribution in [3.8, 4) is 0 Å². The number of nitrogens with one attached hydrogen (secondary N) is 2. The second-order valence-electron chi connectivity index (χ2n) is 3.79. The third-order valence-corrected chi connectivity index (χ3v) is 2.26. The van der Waals surface area contributed by atoms with Crippen molar-refractivity contribution in [3.63, 3.8) is 0 Å². The third-order valence-electron chi connectivity index (χ3n) is 2.26. The number of carbonyl (C=O) groups is 1. The molecule has 0 aromatic carbocycles. The highest BCUT2D eigenvalue weighted by Gasteiger charge is 2.00. The van der Waals surface area contributed by atoms with Gasteiger partial charge >= 0.3 is 0 Å². The van der Waals surface area contributed by atoms with Gasteiger partial charge < -0.3 is 15.4 Å². The van der Waals surface area contributed by atoms with Gasteiger partial charge in [0.05, 0.1) is 19.3 Å². The van der Waals surface area contributed by atoms with Crippen molar-refractivity contribution < 1.29 is 9.53 Å². The van der Waals surface area contributed by atoms with Gasteiger partial charge in [0.2, 0.25) is 5.91 Å². The minimum atomic E-state index is 0. The molecule has 0 saturated heterocycles. The molecule has 0 fully saturated rings. The molecule has 0 aliphatic rings. The molecule has 0 spiro atoms. The first-order chi connectivity index (χ1) is 8.22. The quantitative estimate of drug-likeness (QED) is 0.642. The van der Waals surface area contributed by atoms with Crippen molar-refractivity contribution in [3.05, 3.63) is 18.0 Å². The highest BCUT2D eigenvalue weighted by atomic mass is 35.5. The molecule has 1 rings (SSSR count). The molecule has 0 aliphatic heterocycles. The van der Waals surface area contributed by atoms with Crippen LogP contribution in [0.25, 0.3) is 0 Å². The Morgan fingerprint density at radius 1 is 1.50 bits per heavy atom. The first-order valence-electron chi connectivity index (χ1n) is 5.66. The number of methoxy groups -OCH3 is 1. The van der Waals surface area contributed by atoms with Gasteiger partial charge in [-0.25, -0.2) is 0 Å². The summed E-state index contributed by atoms with van der Waals surface area (Å²) in [7, 11) is 3.51. The maximum absolute atomic E-state index is 11.4. The first-order valence-corrected chi connectivity index (χ1v) is 5.66. The molecule has 0 aliphatic carbocycles. The molecule has 7 heteroatoms. The topological polar surface area (TPSA) is 68.2 Å². The minimum Gasteiger partial charge on any atom is -0.383 e. The van der Waals surface area contributed by atoms with Crippen LogP contribution in [0.3, 0.4) is 0 Å². The Balaban J connectivity index is 0.00000289. The number of rotatable bonds is 8. The number of aryl methyl sites for hydroxylation is 1. The lowest BCUT2D eigenvalue weighted by atomic mass is 10.2. The van der Waals surface area contributed by atoms with Crippen LogP contribution in [0.5, 0.6) is 0 Å². The number of hydrogen-bond acceptors (Lipinski definition) is 4. The number of carbonyl (C=O) groups excluding carboxylic acids is 1. The van der Waals surface area contributed by atoms with Gasteiger partial charge in [-0.3, -0.25) is 9.48 Å². The zero-order valence-corrected chi connectivity index (χ0v) is 11.6. The van der Waals surface area contributed by atoms with Crippen molar-refractivity contribution in [1.82, 2.24) is 20.4 Å². The van der Waals surface area contributed by atoms with Crippen molar-refractivity contribution in [1.29, 1.82) is 0 Å². The Morgan fingerprint density at radius 2 is 2.28 bits per heavy atom. The Bertz CT molecular complexity index is 344. The van der Waals surface area contributed by atoms with Gasteiger partial charge in [0.1, 0.15) is 0 Å². The van der Waals surface area contributed by atoms with Crippen LogP contribution in [-0.4, -0.2) is 49.0 Å². The summed E-state index contributed by atoms with van der Waals surface area (Å²) in [6, 6.07) is 0. The molecule has 1 heterocycles. The highest BCUT2D eigenvalue weighted by molar-refractivity contribution is 5.85. The summed E-state index contributed by atoms with van der Waals surface area (Å²) in [6.07, 6.45) is 4.56. The summed E-state index contributed by atoms with van der Waals surface area (Å²) in [5.74, 6) is 0.00462. The second-order valence-corrected chi connectivity index (χ2v) is 3.79. The van der Waals surface area contributed by atoms with Gasteiger partial charge in [-0.2, -0.15) is 5.10 Å². The monoisotopic (exact) mass is 276 g/mol. The van der Waals surface area contributed by atoms with Crippen LogP contribution in [0, 0.1) is 0 Å². The molecule has 1 aromatic heterocycles. The van der Waals surface area contributed by atoms with E-state index >= 15 is 0 Å². The second kappa shape index (κ2) is 9.87. The van der Waals surface area contributed by atoms with Gasteiger partial charge in [0, 0.05) is 33.4 Å². The molecule has 1 amide bonds. The van der Waals surface area contributed by atoms with E-state index in [2.05, 4.69) is 15.7 Å². The fourth-order valence-electron chi connectivity index (χ4n) is 1.39. The van der Waals surface area contributed by atoms with E-state index in [0.717, 1.165) is 12.0 Å². The molecule has 18 heavy (non-hydrogen) atoms. The Labute approximate surface area is 113 Å². The fraction of sp³-hybridized carbons (Fsp3) is 0.636. The van der Waals surface area contributed by atoms with Crippen molar-refractivity contribution >= 4 is 18.3 Å². The summed E-state index contributed by atoms with van der Waals surface area (Å²) in [5.41, 5.74) is 1.13. The normalized spacial score (nSPS) is 9.89. The highest BCUT2D eigenvalue weighted by Crippen LogP contribution is 1.95. The van der Waals surface area contributed by atoms with Crippen molar-refractivity contribution in [2.45, 2.75) is 6.42 Å². The van der Waals surface area contributed by atoms with E-state index in [-0.39, 0.29) is 18.3 Å². The van der Waals surface area contributed by atoms with Gasteiger partial charge in [-0.1, -0.05) is 0 Å². The third kappa shape index (κ3) is 7.26. The van der Waals surface area contributed by atoms with E-state index < -0.39 is 0 Å². The Hall–Kier alpha value is -1.11. The van der Waals surface area contributed by atoms with Gasteiger partial charge in [0.15, 0.2) is 0 Å². The molecule has 0 bridgehead atoms. The molecule has 6 nitrogen and oxygen atoms in total. The molecule has 2 N–H and O–H groups in total. The number of aromatic nitrogens is 2. The SMILES string of the molecule is COCCNCC(=O)NCCc1cnn(C)c1.Cl. The first kappa shape index (κ1) is 16.9. The lowest BCUT2D eigenvalue weighted by Crippen LogP contribution is -2.36. The molecular weight excluding hydrogens is 256 g/mol. The molecule has 0 saturated carbocycles. The predicted molar refractivity (Wildman–Crippen MR) is 71.9 cm³/mol. The van der Waals surface area contributed by atoms with Crippen LogP contribution in [0.2, 0.25) is 0 Å². The van der Waals surface area contributed by atoms with Gasteiger partial charge in [-0.15, -0.1) is 12.4 Å². The lowest BCUT2D eigenvalue weighted by molar-refractivity contribution is -0.120. The number of hydrogen-bond donors (Lipinski definition) is 2. The number of ether oxygens (including phenoxy) is 1. The average molecular weight is 277 g/mol. The largest absolute Gasteiger partial charge is 0.383 e. The van der Waals surface area contributed by atoms with Crippen LogP contribution in [0.4, 0.5) is 0 Å². The van der Waals surface area contributed by atoms with Gasteiger partial charge in [0.25, 0.3) is 0 Å². The average Bonchev–Trinajstić information content (AvgIpc) is 2.71. The summed E-state index contributed by atoms with van der Waals surface area (Å²) in [6.45, 7) is 2.27. The van der Waals surface area contributed by atoms with E-state index in [9.17, 15) is 4.79 Å². The van der Waals surface area contributed by atoms with Crippen LogP contribution in [0.15, 0.2) is 12.4 Å². The summed E-state index contributed by atoms with van der Waals surface area (Å²) >= 11 is 0. The Kier molecular flexibility index (Phi) is 9.26. The van der Waals surface area contributed by atoms with E-state index in [1.807, 2.05) is 19.4 Å². The van der Waals surface area contributed by atoms with Crippen molar-refractivity contribution in [2.24, 2.45) is 7.05 Å². The fourth-order valence-corrected chi connectivity index (χ4v) is 1.39. The number of amides is 1. The maximum Gasteiger partial charge on any atom is 0.233 e. The minimum absolute atomic E-state index is 0. The molecule has 0 atom stereocenters. The standard InChI is InChI=1S/C11H20N4O2.ClH/c1-15-9-10(7-14-15)3-4-13-11(16)8-12-5-6-17-2;/h7,9,12H,3-6,8H2,1-2H3,(H,13,16);1H. The summed E-state index contributed by atoms with van der Waals surface area (Å²) in [5, 5.41) is 9.89. The summed E-state index contributed by atoms with van der Waals surface area (Å²) in [4.78, 5) is 11.4. The Morgan fingerprint density at radius 3 is 2.89 bits per heavy atom. The zero-order chi connectivity index (χ0) is 12.5. The van der Waals surface area contributed by atoms with Crippen LogP contribution < -0.4 is 10.6 Å². The smallest absolute Gasteiger partial charge is 0.233 e. The molecule has 1 aromatic rings. The van der Waals surface area contributed by atoms with E-state index in [1.165, 1.54) is 0 Å². The van der Waals surface area contributed by atoms with Crippen LogP contribution >= 0.6 is 12.4 Å². The molecule has 0 unspecified atom stereocenters. The van der Waals surface area contributed by atoms with E-state index in [4.69, 9.17) is 4.74 Å². The van der Waals surface area contributed by atoms with E-state index in [0.29, 0.717) is 26.2 Å². The molecule has 0 radical (unpaired) electrons. The zero-order valence-electron chi connectivity index (χ0n) is 10.8. The van der Waals surface area contributed by atoms with Crippen molar-refractivity contribution in [2.75, 3.05) is 33.4 Å². The maximum atomic E-state index is 11.4. The predicted octanol–water partition coefficient (Wildman–Crippen LogP) is -0.263. The van der Waals surface area contributed by atoms with Crippen LogP contribution in [0.1, 0.15) is 5.56 Å². The summed E-state index contributed by atoms with van der Waals surface area (Å²) < 4.78 is 6.61. The van der Waals surface area contributed by atoms with E-state index in [1.54, 1.807) is 11.8 Å². The van der Waals surface area contributed by atoms with Gasteiger partial charge in [-0.05, 0) is 12.0 Å². The molecular formula is C11H21ClN4O2. The number of halogens is 1. The van der Waals surface area contributed by atoms with Crippen LogP contribution in [-0.2, 0) is 23.0 Å². The molecule has 104 valence electrons.